The van der Waals surface area contributed by atoms with Gasteiger partial charge in [0.2, 0.25) is 0 Å². The van der Waals surface area contributed by atoms with Crippen LogP contribution in [0.25, 0.3) is 0 Å². The molecular weight excluding hydrogens is 334 g/mol. The summed E-state index contributed by atoms with van der Waals surface area (Å²) in [6.07, 6.45) is 6.49. The summed E-state index contributed by atoms with van der Waals surface area (Å²) in [6, 6.07) is 0. The summed E-state index contributed by atoms with van der Waals surface area (Å²) in [5.41, 5.74) is 0. The summed E-state index contributed by atoms with van der Waals surface area (Å²) in [5.74, 6) is 0. The van der Waals surface area contributed by atoms with Crippen LogP contribution in [-0.2, 0) is 23.5 Å². The quantitative estimate of drug-likeness (QED) is 0.775. The Bertz CT molecular complexity index is 383. The molecule has 0 radical (unpaired) electrons. The molecule has 89 valence electrons. The normalized spacial score (nSPS) is 15.3. The molecule has 0 spiro atoms. The minimum absolute atomic E-state index is 0. The minimum atomic E-state index is -4.23. The van der Waals surface area contributed by atoms with Gasteiger partial charge in [-0.1, -0.05) is 0 Å². The molecule has 0 fully saturated rings. The maximum absolute atomic E-state index is 12.4. The van der Waals surface area contributed by atoms with E-state index in [0.29, 0.717) is 0 Å². The molecule has 0 heterocycles. The molecule has 0 aromatic rings. The number of rotatable bonds is 4. The predicted molar refractivity (Wildman–Crippen MR) is 64.5 cm³/mol. The average molecular weight is 351 g/mol. The monoisotopic (exact) mass is 349 g/mol. The van der Waals surface area contributed by atoms with E-state index in [1.807, 2.05) is 18.2 Å². The summed E-state index contributed by atoms with van der Waals surface area (Å²) in [5, 5.41) is 8.62. The fraction of sp³-hybridized carbons (Fsp3) is 0.500. The van der Waals surface area contributed by atoms with Crippen LogP contribution in [0.5, 0.6) is 0 Å². The molecule has 7 heteroatoms. The van der Waals surface area contributed by atoms with E-state index < -0.39 is 17.8 Å². The van der Waals surface area contributed by atoms with Gasteiger partial charge in [-0.15, -0.1) is 24.8 Å². The zero-order chi connectivity index (χ0) is 9.97. The van der Waals surface area contributed by atoms with Crippen LogP contribution in [0.1, 0.15) is 6.42 Å². The second kappa shape index (κ2) is 6.58. The average Bonchev–Trinajstić information content (AvgIpc) is 2.53. The molecule has 0 bridgehead atoms. The Morgan fingerprint density at radius 1 is 1.60 bits per heavy atom. The first kappa shape index (κ1) is 18.3. The van der Waals surface area contributed by atoms with Crippen LogP contribution in [0.2, 0.25) is 4.63 Å². The van der Waals surface area contributed by atoms with Gasteiger partial charge in [0.05, 0.1) is 0 Å². The maximum atomic E-state index is 12.4. The van der Waals surface area contributed by atoms with Crippen LogP contribution < -0.4 is 0 Å². The van der Waals surface area contributed by atoms with Crippen LogP contribution in [0, 0.1) is 0 Å². The van der Waals surface area contributed by atoms with Gasteiger partial charge in [0.1, 0.15) is 0 Å². The third kappa shape index (κ3) is 5.16. The van der Waals surface area contributed by atoms with Gasteiger partial charge < -0.3 is 0 Å². The van der Waals surface area contributed by atoms with Crippen LogP contribution in [0.3, 0.4) is 0 Å². The SMILES string of the molecule is Cl.Cl.[CH3][Zr](=[O])(=[SiH2])([O]CCO)[C]1=CC=CC1. The molecule has 1 rings (SSSR count). The Morgan fingerprint density at radius 2 is 2.20 bits per heavy atom. The van der Waals surface area contributed by atoms with Crippen LogP contribution in [-0.4, -0.2) is 25.2 Å². The topological polar surface area (TPSA) is 46.5 Å². The van der Waals surface area contributed by atoms with Crippen LogP contribution in [0.15, 0.2) is 21.5 Å². The first-order valence-electron chi connectivity index (χ1n) is 4.33. The van der Waals surface area contributed by atoms with Crippen molar-refractivity contribution < 1.29 is 28.6 Å². The number of hydrogen-bond donors (Lipinski definition) is 1. The molecule has 1 aliphatic carbocycles. The summed E-state index contributed by atoms with van der Waals surface area (Å²) >= 11 is -4.23. The summed E-state index contributed by atoms with van der Waals surface area (Å²) in [4.78, 5) is 0. The van der Waals surface area contributed by atoms with E-state index in [0.717, 1.165) is 9.70 Å². The molecule has 0 saturated heterocycles. The number of hydrogen-bond acceptors (Lipinski definition) is 3. The zero-order valence-electron chi connectivity index (χ0n) is 8.64. The van der Waals surface area contributed by atoms with E-state index in [1.54, 1.807) is 4.63 Å². The van der Waals surface area contributed by atoms with E-state index in [2.05, 4.69) is 0 Å². The van der Waals surface area contributed by atoms with Gasteiger partial charge in [0.15, 0.2) is 0 Å². The van der Waals surface area contributed by atoms with Crippen LogP contribution >= 0.6 is 24.8 Å². The Hall–Kier alpha value is 0.880. The Kier molecular flexibility index (Phi) is 8.00. The molecule has 0 atom stereocenters. The molecule has 15 heavy (non-hydrogen) atoms. The zero-order valence-corrected chi connectivity index (χ0v) is 14.1. The van der Waals surface area contributed by atoms with Gasteiger partial charge in [-0.25, -0.2) is 0 Å². The second-order valence-corrected chi connectivity index (χ2v) is 24.3. The van der Waals surface area contributed by atoms with Gasteiger partial charge in [-0.2, -0.15) is 0 Å². The van der Waals surface area contributed by atoms with Gasteiger partial charge in [-0.3, -0.25) is 0 Å². The third-order valence-electron chi connectivity index (χ3n) is 2.15. The summed E-state index contributed by atoms with van der Waals surface area (Å²) in [7, 11) is 0. The standard InChI is InChI=1S/C5H5.C2H5O2.CH3.2ClH.O.H2Si.Zr/c1-2-4-5-3-1;3-1-2-4;;;;;;/h1-3H,4H2;3H,1-2H2;1H3;2*1H;;1H2;/q;-1;;;;;;+1. The van der Waals surface area contributed by atoms with Gasteiger partial charge in [0, 0.05) is 0 Å². The van der Waals surface area contributed by atoms with E-state index >= 15 is 0 Å². The molecule has 3 nitrogen and oxygen atoms in total. The van der Waals surface area contributed by atoms with Crippen molar-refractivity contribution in [1.29, 1.82) is 0 Å². The van der Waals surface area contributed by atoms with Crippen molar-refractivity contribution in [2.45, 2.75) is 11.1 Å². The van der Waals surface area contributed by atoms with E-state index in [4.69, 9.17) is 7.92 Å². The van der Waals surface area contributed by atoms with Crippen molar-refractivity contribution in [2.24, 2.45) is 0 Å². The first-order valence-corrected chi connectivity index (χ1v) is 15.9. The molecular formula is C8H17Cl2O3SiZr. The number of aliphatic hydroxyl groups excluding tert-OH is 1. The Morgan fingerprint density at radius 3 is 2.60 bits per heavy atom. The molecule has 0 aromatic carbocycles. The Balaban J connectivity index is 0. The van der Waals surface area contributed by atoms with Crippen molar-refractivity contribution in [2.75, 3.05) is 13.2 Å². The van der Waals surface area contributed by atoms with Crippen molar-refractivity contribution >= 4 is 31.7 Å². The Labute approximate surface area is 105 Å². The number of aliphatic hydroxyl groups is 1. The third-order valence-corrected chi connectivity index (χ3v) is 13.3. The van der Waals surface area contributed by atoms with E-state index in [9.17, 15) is 2.81 Å². The van der Waals surface area contributed by atoms with Crippen molar-refractivity contribution in [3.8, 4) is 0 Å². The summed E-state index contributed by atoms with van der Waals surface area (Å²) in [6.45, 7) is 1.58. The molecule has 1 N–H and O–H groups in total. The van der Waals surface area contributed by atoms with Crippen molar-refractivity contribution in [3.05, 3.63) is 21.5 Å². The molecule has 0 saturated carbocycles. The fourth-order valence-corrected chi connectivity index (χ4v) is 8.54. The molecule has 0 aliphatic heterocycles. The van der Waals surface area contributed by atoms with Crippen LogP contribution in [0.4, 0.5) is 0 Å². The molecule has 0 amide bonds. The van der Waals surface area contributed by atoms with Crippen molar-refractivity contribution in [3.63, 3.8) is 0 Å². The first-order chi connectivity index (χ1) is 5.94. The van der Waals surface area contributed by atoms with Gasteiger partial charge >= 0.3 is 81.2 Å². The molecule has 1 aliphatic rings. The molecule has 0 unspecified atom stereocenters. The fourth-order valence-electron chi connectivity index (χ4n) is 1.32. The number of halogens is 2. The second-order valence-electron chi connectivity index (χ2n) is 3.66. The van der Waals surface area contributed by atoms with E-state index in [-0.39, 0.29) is 38.0 Å². The molecule has 0 aromatic heterocycles. The van der Waals surface area contributed by atoms with E-state index in [1.165, 1.54) is 6.88 Å². The summed E-state index contributed by atoms with van der Waals surface area (Å²) < 4.78 is 20.4. The number of allylic oxidation sites excluding steroid dienone is 4. The van der Waals surface area contributed by atoms with Gasteiger partial charge in [-0.05, 0) is 0 Å². The van der Waals surface area contributed by atoms with Crippen molar-refractivity contribution in [1.82, 2.24) is 0 Å². The predicted octanol–water partition coefficient (Wildman–Crippen LogP) is 1.23. The van der Waals surface area contributed by atoms with Gasteiger partial charge in [0.25, 0.3) is 0 Å².